The van der Waals surface area contributed by atoms with Crippen LogP contribution in [-0.4, -0.2) is 14.3 Å². The van der Waals surface area contributed by atoms with Crippen LogP contribution in [0, 0.1) is 3.57 Å². The summed E-state index contributed by atoms with van der Waals surface area (Å²) in [5, 5.41) is 7.69. The maximum absolute atomic E-state index is 12.0. The minimum atomic E-state index is -3.72. The molecular weight excluding hydrogens is 391 g/mol. The number of nitrogens with one attached hydrogen (secondary N) is 1. The van der Waals surface area contributed by atoms with Crippen molar-refractivity contribution in [2.45, 2.75) is 4.90 Å². The van der Waals surface area contributed by atoms with Gasteiger partial charge in [0.15, 0.2) is 0 Å². The van der Waals surface area contributed by atoms with E-state index in [1.54, 1.807) is 18.2 Å². The average Bonchev–Trinajstić information content (AvgIpc) is 2.38. The molecule has 0 fully saturated rings. The van der Waals surface area contributed by atoms with Crippen molar-refractivity contribution in [2.24, 2.45) is 5.14 Å². The minimum Gasteiger partial charge on any atom is -0.322 e. The lowest BCUT2D eigenvalue weighted by molar-refractivity contribution is 0.102. The van der Waals surface area contributed by atoms with Gasteiger partial charge in [0.1, 0.15) is 0 Å². The highest BCUT2D eigenvalue weighted by Gasteiger charge is 2.09. The number of primary sulfonamides is 1. The normalized spacial score (nSPS) is 11.1. The Balaban J connectivity index is 2.16. The fourth-order valence-electron chi connectivity index (χ4n) is 1.56. The molecule has 2 aromatic rings. The number of anilines is 1. The number of amides is 1. The zero-order valence-electron chi connectivity index (χ0n) is 10.2. The maximum Gasteiger partial charge on any atom is 0.255 e. The molecular formula is C13H11IN2O3S. The molecule has 0 saturated heterocycles. The lowest BCUT2D eigenvalue weighted by Crippen LogP contribution is -2.14. The van der Waals surface area contributed by atoms with Gasteiger partial charge in [-0.05, 0) is 65.1 Å². The molecule has 0 aliphatic rings. The zero-order valence-corrected chi connectivity index (χ0v) is 13.2. The molecule has 0 heterocycles. The van der Waals surface area contributed by atoms with E-state index in [1.165, 1.54) is 24.3 Å². The smallest absolute Gasteiger partial charge is 0.255 e. The number of carbonyl (C=O) groups is 1. The summed E-state index contributed by atoms with van der Waals surface area (Å²) >= 11 is 2.12. The number of hydrogen-bond donors (Lipinski definition) is 2. The molecule has 5 nitrogen and oxygen atoms in total. The van der Waals surface area contributed by atoms with Crippen LogP contribution in [0.4, 0.5) is 5.69 Å². The first kappa shape index (κ1) is 14.9. The molecule has 104 valence electrons. The molecule has 0 aliphatic heterocycles. The quantitative estimate of drug-likeness (QED) is 0.772. The third kappa shape index (κ3) is 3.78. The Morgan fingerprint density at radius 3 is 2.30 bits per heavy atom. The van der Waals surface area contributed by atoms with Crippen LogP contribution in [0.25, 0.3) is 0 Å². The summed E-state index contributed by atoms with van der Waals surface area (Å²) in [4.78, 5) is 12.0. The van der Waals surface area contributed by atoms with E-state index in [0.29, 0.717) is 11.3 Å². The lowest BCUT2D eigenvalue weighted by atomic mass is 10.2. The van der Waals surface area contributed by atoms with Gasteiger partial charge in [-0.3, -0.25) is 4.79 Å². The van der Waals surface area contributed by atoms with Gasteiger partial charge in [0, 0.05) is 14.8 Å². The molecule has 1 amide bonds. The molecule has 0 unspecified atom stereocenters. The molecule has 0 aliphatic carbocycles. The van der Waals surface area contributed by atoms with Crippen molar-refractivity contribution in [3.63, 3.8) is 0 Å². The molecule has 20 heavy (non-hydrogen) atoms. The molecule has 7 heteroatoms. The van der Waals surface area contributed by atoms with Gasteiger partial charge >= 0.3 is 0 Å². The van der Waals surface area contributed by atoms with Crippen LogP contribution < -0.4 is 10.5 Å². The zero-order chi connectivity index (χ0) is 14.8. The van der Waals surface area contributed by atoms with E-state index in [0.717, 1.165) is 3.57 Å². The monoisotopic (exact) mass is 402 g/mol. The van der Waals surface area contributed by atoms with Crippen LogP contribution in [0.15, 0.2) is 53.4 Å². The summed E-state index contributed by atoms with van der Waals surface area (Å²) in [5.74, 6) is -0.258. The van der Waals surface area contributed by atoms with E-state index >= 15 is 0 Å². The number of rotatable bonds is 3. The molecule has 0 aromatic heterocycles. The number of benzene rings is 2. The molecule has 2 rings (SSSR count). The molecule has 0 radical (unpaired) electrons. The van der Waals surface area contributed by atoms with Crippen molar-refractivity contribution in [2.75, 3.05) is 5.32 Å². The fraction of sp³-hybridized carbons (Fsp3) is 0. The summed E-state index contributed by atoms with van der Waals surface area (Å²) in [6.45, 7) is 0. The first-order valence-corrected chi connectivity index (χ1v) is 8.18. The fourth-order valence-corrected chi connectivity index (χ4v) is 2.62. The second-order valence-electron chi connectivity index (χ2n) is 4.03. The Labute approximate surface area is 130 Å². The van der Waals surface area contributed by atoms with Gasteiger partial charge in [-0.15, -0.1) is 0 Å². The summed E-state index contributed by atoms with van der Waals surface area (Å²) in [6, 6.07) is 12.8. The summed E-state index contributed by atoms with van der Waals surface area (Å²) in [6.07, 6.45) is 0. The van der Waals surface area contributed by atoms with E-state index in [4.69, 9.17) is 5.14 Å². The SMILES string of the molecule is NS(=O)(=O)c1ccc(NC(=O)c2cccc(I)c2)cc1. The number of hydrogen-bond acceptors (Lipinski definition) is 3. The third-order valence-electron chi connectivity index (χ3n) is 2.53. The Morgan fingerprint density at radius 2 is 1.75 bits per heavy atom. The second kappa shape index (κ2) is 5.90. The molecule has 2 aromatic carbocycles. The topological polar surface area (TPSA) is 89.3 Å². The molecule has 0 atom stereocenters. The molecule has 3 N–H and O–H groups in total. The van der Waals surface area contributed by atoms with Gasteiger partial charge in [-0.1, -0.05) is 6.07 Å². The standard InChI is InChI=1S/C13H11IN2O3S/c14-10-3-1-2-9(8-10)13(17)16-11-4-6-12(7-5-11)20(15,18)19/h1-8H,(H,16,17)(H2,15,18,19). The van der Waals surface area contributed by atoms with Crippen LogP contribution >= 0.6 is 22.6 Å². The summed E-state index contributed by atoms with van der Waals surface area (Å²) in [5.41, 5.74) is 1.04. The Kier molecular flexibility index (Phi) is 4.41. The van der Waals surface area contributed by atoms with Crippen molar-refractivity contribution >= 4 is 44.2 Å². The number of nitrogens with two attached hydrogens (primary N) is 1. The van der Waals surface area contributed by atoms with Gasteiger partial charge in [0.25, 0.3) is 5.91 Å². The lowest BCUT2D eigenvalue weighted by Gasteiger charge is -2.06. The summed E-state index contributed by atoms with van der Waals surface area (Å²) < 4.78 is 23.2. The van der Waals surface area contributed by atoms with E-state index < -0.39 is 10.0 Å². The summed E-state index contributed by atoms with van der Waals surface area (Å²) in [7, 11) is -3.72. The second-order valence-corrected chi connectivity index (χ2v) is 6.84. The van der Waals surface area contributed by atoms with Crippen LogP contribution in [0.5, 0.6) is 0 Å². The van der Waals surface area contributed by atoms with Crippen LogP contribution in [-0.2, 0) is 10.0 Å². The van der Waals surface area contributed by atoms with Gasteiger partial charge in [-0.25, -0.2) is 13.6 Å². The van der Waals surface area contributed by atoms with E-state index in [9.17, 15) is 13.2 Å². The molecule has 0 spiro atoms. The maximum atomic E-state index is 12.0. The van der Waals surface area contributed by atoms with Gasteiger partial charge in [0.2, 0.25) is 10.0 Å². The highest BCUT2D eigenvalue weighted by Crippen LogP contribution is 2.15. The van der Waals surface area contributed by atoms with Crippen molar-refractivity contribution in [3.05, 3.63) is 57.7 Å². The first-order chi connectivity index (χ1) is 9.36. The first-order valence-electron chi connectivity index (χ1n) is 5.56. The average molecular weight is 402 g/mol. The Hall–Kier alpha value is -1.45. The number of halogens is 1. The van der Waals surface area contributed by atoms with Crippen molar-refractivity contribution in [3.8, 4) is 0 Å². The predicted octanol–water partition coefficient (Wildman–Crippen LogP) is 2.19. The van der Waals surface area contributed by atoms with E-state index in [1.807, 2.05) is 6.07 Å². The highest BCUT2D eigenvalue weighted by molar-refractivity contribution is 14.1. The molecule has 0 saturated carbocycles. The van der Waals surface area contributed by atoms with E-state index in [-0.39, 0.29) is 10.8 Å². The van der Waals surface area contributed by atoms with Gasteiger partial charge < -0.3 is 5.32 Å². The predicted molar refractivity (Wildman–Crippen MR) is 84.9 cm³/mol. The molecule has 0 bridgehead atoms. The van der Waals surface area contributed by atoms with Crippen molar-refractivity contribution in [1.82, 2.24) is 0 Å². The minimum absolute atomic E-state index is 0.00441. The van der Waals surface area contributed by atoms with Crippen LogP contribution in [0.2, 0.25) is 0 Å². The van der Waals surface area contributed by atoms with Crippen molar-refractivity contribution in [1.29, 1.82) is 0 Å². The van der Waals surface area contributed by atoms with Crippen molar-refractivity contribution < 1.29 is 13.2 Å². The van der Waals surface area contributed by atoms with Gasteiger partial charge in [0.05, 0.1) is 4.90 Å². The Morgan fingerprint density at radius 1 is 1.10 bits per heavy atom. The Bertz CT molecular complexity index is 742. The largest absolute Gasteiger partial charge is 0.322 e. The van der Waals surface area contributed by atoms with Gasteiger partial charge in [-0.2, -0.15) is 0 Å². The third-order valence-corrected chi connectivity index (χ3v) is 4.13. The number of carbonyl (C=O) groups excluding carboxylic acids is 1. The number of sulfonamides is 1. The van der Waals surface area contributed by atoms with E-state index in [2.05, 4.69) is 27.9 Å². The van der Waals surface area contributed by atoms with Crippen LogP contribution in [0.1, 0.15) is 10.4 Å². The van der Waals surface area contributed by atoms with Crippen LogP contribution in [0.3, 0.4) is 0 Å². The highest BCUT2D eigenvalue weighted by atomic mass is 127.